The second-order valence-corrected chi connectivity index (χ2v) is 5.12. The molecule has 0 amide bonds. The van der Waals surface area contributed by atoms with Crippen molar-refractivity contribution in [1.82, 2.24) is 19.1 Å². The highest BCUT2D eigenvalue weighted by Crippen LogP contribution is 2.34. The highest BCUT2D eigenvalue weighted by molar-refractivity contribution is 5.71. The number of hydrogen-bond donors (Lipinski definition) is 3. The van der Waals surface area contributed by atoms with Gasteiger partial charge in [-0.3, -0.25) is 9.78 Å². The topological polar surface area (TPSA) is 122 Å². The van der Waals surface area contributed by atoms with E-state index in [1.807, 2.05) is 0 Å². The van der Waals surface area contributed by atoms with Gasteiger partial charge < -0.3 is 19.5 Å². The minimum atomic E-state index is -1.23. The van der Waals surface area contributed by atoms with Crippen molar-refractivity contribution in [3.8, 4) is 0 Å². The van der Waals surface area contributed by atoms with Gasteiger partial charge in [-0.05, 0) is 6.92 Å². The Morgan fingerprint density at radius 3 is 2.85 bits per heavy atom. The average molecular weight is 280 g/mol. The SMILES string of the molecule is Cc1nc2c(=O)[nH]c(=O)n3c2n1C[C@H]1O[C@@H]3[C@H](O)[C@@H]1O. The maximum atomic E-state index is 12.1. The molecule has 2 aromatic rings. The fourth-order valence-corrected chi connectivity index (χ4v) is 2.99. The molecule has 106 valence electrons. The molecule has 0 saturated carbocycles. The number of aryl methyl sites for hydroxylation is 1. The number of nitrogens with zero attached hydrogens (tertiary/aromatic N) is 3. The first-order chi connectivity index (χ1) is 9.49. The van der Waals surface area contributed by atoms with Gasteiger partial charge >= 0.3 is 5.69 Å². The first-order valence-corrected chi connectivity index (χ1v) is 6.22. The lowest BCUT2D eigenvalue weighted by Gasteiger charge is -2.20. The monoisotopic (exact) mass is 280 g/mol. The van der Waals surface area contributed by atoms with Crippen molar-refractivity contribution < 1.29 is 14.9 Å². The number of fused-ring (bicyclic) bond motifs is 3. The Morgan fingerprint density at radius 2 is 2.10 bits per heavy atom. The van der Waals surface area contributed by atoms with Crippen LogP contribution in [0.15, 0.2) is 9.59 Å². The summed E-state index contributed by atoms with van der Waals surface area (Å²) in [4.78, 5) is 30.2. The van der Waals surface area contributed by atoms with Gasteiger partial charge in [0.15, 0.2) is 17.4 Å². The molecule has 20 heavy (non-hydrogen) atoms. The van der Waals surface area contributed by atoms with Gasteiger partial charge in [0.05, 0.1) is 6.54 Å². The summed E-state index contributed by atoms with van der Waals surface area (Å²) in [5.41, 5.74) is -0.826. The summed E-state index contributed by atoms with van der Waals surface area (Å²) in [5, 5.41) is 20.0. The van der Waals surface area contributed by atoms with Crippen molar-refractivity contribution in [2.24, 2.45) is 0 Å². The summed E-state index contributed by atoms with van der Waals surface area (Å²) in [6.07, 6.45) is -4.00. The number of hydrogen-bond acceptors (Lipinski definition) is 6. The third-order valence-corrected chi connectivity index (χ3v) is 3.97. The van der Waals surface area contributed by atoms with Crippen molar-refractivity contribution in [2.75, 3.05) is 0 Å². The summed E-state index contributed by atoms with van der Waals surface area (Å²) in [5.74, 6) is 0.544. The number of aliphatic hydroxyl groups excluding tert-OH is 2. The molecule has 4 atom stereocenters. The third kappa shape index (κ3) is 1.24. The first kappa shape index (κ1) is 11.8. The van der Waals surface area contributed by atoms with Crippen LogP contribution in [0.25, 0.3) is 11.2 Å². The summed E-state index contributed by atoms with van der Waals surface area (Å²) in [6, 6.07) is 0. The molecule has 0 aromatic carbocycles. The summed E-state index contributed by atoms with van der Waals surface area (Å²) in [7, 11) is 0. The van der Waals surface area contributed by atoms with Crippen molar-refractivity contribution >= 4 is 11.2 Å². The summed E-state index contributed by atoms with van der Waals surface area (Å²) >= 11 is 0. The van der Waals surface area contributed by atoms with E-state index in [0.29, 0.717) is 11.5 Å². The van der Waals surface area contributed by atoms with Gasteiger partial charge in [-0.25, -0.2) is 14.3 Å². The van der Waals surface area contributed by atoms with Gasteiger partial charge in [-0.2, -0.15) is 0 Å². The van der Waals surface area contributed by atoms with E-state index in [4.69, 9.17) is 4.74 Å². The zero-order valence-electron chi connectivity index (χ0n) is 10.5. The van der Waals surface area contributed by atoms with E-state index in [2.05, 4.69) is 9.97 Å². The largest absolute Gasteiger partial charge is 0.387 e. The minimum Gasteiger partial charge on any atom is -0.387 e. The number of rotatable bonds is 0. The van der Waals surface area contributed by atoms with Crippen molar-refractivity contribution in [3.63, 3.8) is 0 Å². The molecular formula is C11H12N4O5. The predicted molar refractivity (Wildman–Crippen MR) is 65.3 cm³/mol. The van der Waals surface area contributed by atoms with E-state index >= 15 is 0 Å². The highest BCUT2D eigenvalue weighted by Gasteiger charge is 2.47. The predicted octanol–water partition coefficient (Wildman–Crippen LogP) is -2.17. The Morgan fingerprint density at radius 1 is 1.35 bits per heavy atom. The van der Waals surface area contributed by atoms with E-state index in [0.717, 1.165) is 4.57 Å². The van der Waals surface area contributed by atoms with Gasteiger partial charge in [0, 0.05) is 0 Å². The first-order valence-electron chi connectivity index (χ1n) is 6.22. The molecule has 2 aliphatic rings. The van der Waals surface area contributed by atoms with E-state index in [1.54, 1.807) is 11.5 Å². The number of ether oxygens (including phenoxy) is 1. The maximum Gasteiger partial charge on any atom is 0.332 e. The Kier molecular flexibility index (Phi) is 2.11. The number of aromatic amines is 1. The van der Waals surface area contributed by atoms with E-state index in [-0.39, 0.29) is 12.1 Å². The lowest BCUT2D eigenvalue weighted by molar-refractivity contribution is -0.0353. The van der Waals surface area contributed by atoms with Crippen LogP contribution >= 0.6 is 0 Å². The minimum absolute atomic E-state index is 0.125. The molecule has 3 N–H and O–H groups in total. The Hall–Kier alpha value is -1.97. The molecule has 0 spiro atoms. The molecule has 9 nitrogen and oxygen atoms in total. The van der Waals surface area contributed by atoms with Gasteiger partial charge in [0.25, 0.3) is 5.56 Å². The number of H-pyrrole nitrogens is 1. The van der Waals surface area contributed by atoms with Crippen molar-refractivity contribution in [1.29, 1.82) is 0 Å². The molecule has 2 aliphatic heterocycles. The van der Waals surface area contributed by atoms with Crippen LogP contribution in [0.5, 0.6) is 0 Å². The van der Waals surface area contributed by atoms with E-state index in [1.165, 1.54) is 0 Å². The molecule has 2 bridgehead atoms. The van der Waals surface area contributed by atoms with Gasteiger partial charge in [-0.15, -0.1) is 0 Å². The fraction of sp³-hybridized carbons (Fsp3) is 0.545. The molecule has 0 radical (unpaired) electrons. The van der Waals surface area contributed by atoms with Crippen LogP contribution in [0.2, 0.25) is 0 Å². The van der Waals surface area contributed by atoms with Crippen molar-refractivity contribution in [2.45, 2.75) is 38.0 Å². The second kappa shape index (κ2) is 3.57. The average Bonchev–Trinajstić information content (AvgIpc) is 2.78. The van der Waals surface area contributed by atoms with Crippen LogP contribution in [-0.2, 0) is 11.3 Å². The van der Waals surface area contributed by atoms with E-state index in [9.17, 15) is 19.8 Å². The molecule has 2 aromatic heterocycles. The molecule has 9 heteroatoms. The van der Waals surface area contributed by atoms with Gasteiger partial charge in [0.2, 0.25) is 0 Å². The molecule has 0 unspecified atom stereocenters. The number of imidazole rings is 1. The van der Waals surface area contributed by atoms with Crippen LogP contribution in [0, 0.1) is 6.92 Å². The van der Waals surface area contributed by atoms with Gasteiger partial charge in [-0.1, -0.05) is 0 Å². The fourth-order valence-electron chi connectivity index (χ4n) is 2.99. The smallest absolute Gasteiger partial charge is 0.332 e. The van der Waals surface area contributed by atoms with Gasteiger partial charge in [0.1, 0.15) is 24.1 Å². The van der Waals surface area contributed by atoms with Crippen LogP contribution in [0.1, 0.15) is 12.1 Å². The van der Waals surface area contributed by atoms with Crippen molar-refractivity contribution in [3.05, 3.63) is 26.7 Å². The molecule has 4 heterocycles. The zero-order chi connectivity index (χ0) is 14.2. The Bertz CT molecular complexity index is 834. The maximum absolute atomic E-state index is 12.1. The number of aromatic nitrogens is 4. The van der Waals surface area contributed by atoms with Crippen LogP contribution < -0.4 is 11.2 Å². The lowest BCUT2D eigenvalue weighted by Crippen LogP contribution is -2.40. The van der Waals surface area contributed by atoms with Crippen LogP contribution in [0.3, 0.4) is 0 Å². The normalized spacial score (nSPS) is 31.8. The Balaban J connectivity index is 2.17. The van der Waals surface area contributed by atoms with E-state index < -0.39 is 35.8 Å². The Labute approximate surface area is 111 Å². The lowest BCUT2D eigenvalue weighted by atomic mass is 10.1. The zero-order valence-corrected chi connectivity index (χ0v) is 10.5. The van der Waals surface area contributed by atoms with Crippen LogP contribution in [-0.4, -0.2) is 47.6 Å². The second-order valence-electron chi connectivity index (χ2n) is 5.12. The molecule has 1 saturated heterocycles. The molecule has 1 fully saturated rings. The number of nitrogens with one attached hydrogen (secondary N) is 1. The number of aliphatic hydroxyl groups is 2. The summed E-state index contributed by atoms with van der Waals surface area (Å²) < 4.78 is 8.35. The quantitative estimate of drug-likeness (QED) is 0.504. The molecule has 0 aliphatic carbocycles. The van der Waals surface area contributed by atoms with Crippen LogP contribution in [0.4, 0.5) is 0 Å². The molecular weight excluding hydrogens is 268 g/mol. The summed E-state index contributed by atoms with van der Waals surface area (Å²) in [6.45, 7) is 1.93. The third-order valence-electron chi connectivity index (χ3n) is 3.97. The standard InChI is InChI=1S/C11H12N4O5/c1-3-12-5-8(18)13-11(19)15-9(5)14(3)2-4-6(16)7(17)10(15)20-4/h4,6-7,10,16-17H,2H2,1H3,(H,13,18,19)/t4-,6-,7-,10-/m1/s1. The molecule has 4 rings (SSSR count). The highest BCUT2D eigenvalue weighted by atomic mass is 16.6.